The Labute approximate surface area is 64.3 Å². The number of carboxylic acids is 1. The van der Waals surface area contributed by atoms with Gasteiger partial charge < -0.3 is 5.11 Å². The average molecular weight is 148 g/mol. The van der Waals surface area contributed by atoms with Gasteiger partial charge in [-0.05, 0) is 6.42 Å². The van der Waals surface area contributed by atoms with Crippen LogP contribution in [0.25, 0.3) is 0 Å². The second-order valence-electron chi connectivity index (χ2n) is 1.14. The summed E-state index contributed by atoms with van der Waals surface area (Å²) in [5, 5.41) is 7.91. The van der Waals surface area contributed by atoms with Crippen molar-refractivity contribution in [1.82, 2.24) is 0 Å². The number of carbonyl (C=O) groups is 1. The minimum absolute atomic E-state index is 0.292. The Balaban J connectivity index is -0.000000105. The second-order valence-corrected chi connectivity index (χ2v) is 1.14. The van der Waals surface area contributed by atoms with Gasteiger partial charge in [0.2, 0.25) is 0 Å². The molecule has 0 aromatic heterocycles. The van der Waals surface area contributed by atoms with E-state index in [0.29, 0.717) is 6.42 Å². The van der Waals surface area contributed by atoms with E-state index in [1.165, 1.54) is 0 Å². The molecule has 0 heterocycles. The van der Waals surface area contributed by atoms with E-state index in [1.807, 2.05) is 34.6 Å². The van der Waals surface area contributed by atoms with E-state index in [2.05, 4.69) is 0 Å². The molecular weight excluding hydrogens is 128 g/mol. The highest BCUT2D eigenvalue weighted by Crippen LogP contribution is 1.82. The predicted molar refractivity (Wildman–Crippen MR) is 45.2 cm³/mol. The van der Waals surface area contributed by atoms with Crippen molar-refractivity contribution in [3.63, 3.8) is 0 Å². The smallest absolute Gasteiger partial charge is 0.303 e. The third-order valence-corrected chi connectivity index (χ3v) is 0.464. The summed E-state index contributed by atoms with van der Waals surface area (Å²) in [4.78, 5) is 9.60. The lowest BCUT2D eigenvalue weighted by molar-refractivity contribution is -0.137. The molecule has 0 atom stereocenters. The molecule has 0 rings (SSSR count). The van der Waals surface area contributed by atoms with E-state index in [0.717, 1.165) is 6.42 Å². The van der Waals surface area contributed by atoms with Crippen LogP contribution < -0.4 is 0 Å². The molecule has 2 heteroatoms. The predicted octanol–water partition coefficient (Wildman–Crippen LogP) is 2.92. The maximum Gasteiger partial charge on any atom is 0.303 e. The zero-order valence-electron chi connectivity index (χ0n) is 7.77. The van der Waals surface area contributed by atoms with Crippen molar-refractivity contribution in [1.29, 1.82) is 0 Å². The third kappa shape index (κ3) is 51.3. The van der Waals surface area contributed by atoms with Crippen LogP contribution in [-0.4, -0.2) is 11.1 Å². The largest absolute Gasteiger partial charge is 0.481 e. The average Bonchev–Trinajstić information content (AvgIpc) is 1.96. The van der Waals surface area contributed by atoms with Crippen molar-refractivity contribution in [2.75, 3.05) is 0 Å². The Bertz CT molecular complexity index is 51.2. The number of aliphatic carboxylic acids is 1. The van der Waals surface area contributed by atoms with Gasteiger partial charge in [-0.25, -0.2) is 0 Å². The first-order valence-electron chi connectivity index (χ1n) is 3.99. The molecule has 0 bridgehead atoms. The number of carboxylic acid groups (broad SMARTS) is 1. The van der Waals surface area contributed by atoms with Crippen molar-refractivity contribution in [2.24, 2.45) is 0 Å². The zero-order valence-corrected chi connectivity index (χ0v) is 7.77. The summed E-state index contributed by atoms with van der Waals surface area (Å²) < 4.78 is 0. The molecule has 0 aromatic rings. The zero-order chi connectivity index (χ0) is 8.99. The fourth-order valence-corrected chi connectivity index (χ4v) is 0.214. The van der Waals surface area contributed by atoms with Gasteiger partial charge in [0.15, 0.2) is 0 Å². The van der Waals surface area contributed by atoms with Gasteiger partial charge in [-0.15, -0.1) is 0 Å². The summed E-state index contributed by atoms with van der Waals surface area (Å²) in [5.41, 5.74) is 0. The van der Waals surface area contributed by atoms with Crippen LogP contribution in [0.15, 0.2) is 0 Å². The van der Waals surface area contributed by atoms with E-state index < -0.39 is 5.97 Å². The summed E-state index contributed by atoms with van der Waals surface area (Å²) in [6.07, 6.45) is 1.02. The van der Waals surface area contributed by atoms with Gasteiger partial charge in [-0.3, -0.25) is 4.79 Å². The lowest BCUT2D eigenvalue weighted by Crippen LogP contribution is -1.90. The van der Waals surface area contributed by atoms with E-state index in [-0.39, 0.29) is 0 Å². The molecule has 0 amide bonds. The van der Waals surface area contributed by atoms with Gasteiger partial charge >= 0.3 is 5.97 Å². The Morgan fingerprint density at radius 2 is 1.50 bits per heavy atom. The Morgan fingerprint density at radius 3 is 1.50 bits per heavy atom. The lowest BCUT2D eigenvalue weighted by atomic mass is 10.4. The lowest BCUT2D eigenvalue weighted by Gasteiger charge is -1.79. The molecule has 1 N–H and O–H groups in total. The van der Waals surface area contributed by atoms with Crippen LogP contribution in [0.5, 0.6) is 0 Å². The highest BCUT2D eigenvalue weighted by molar-refractivity contribution is 5.66. The quantitative estimate of drug-likeness (QED) is 0.653. The maximum atomic E-state index is 9.60. The minimum atomic E-state index is -0.711. The first-order chi connectivity index (χ1) is 4.77. The first-order valence-corrected chi connectivity index (χ1v) is 3.99. The Morgan fingerprint density at radius 1 is 1.20 bits per heavy atom. The molecule has 64 valence electrons. The molecular formula is C8H20O2. The summed E-state index contributed by atoms with van der Waals surface area (Å²) in [6.45, 7) is 9.84. The Hall–Kier alpha value is -0.530. The molecule has 10 heavy (non-hydrogen) atoms. The van der Waals surface area contributed by atoms with Crippen molar-refractivity contribution in [3.05, 3.63) is 0 Å². The normalized spacial score (nSPS) is 6.10. The van der Waals surface area contributed by atoms with Crippen LogP contribution >= 0.6 is 0 Å². The topological polar surface area (TPSA) is 37.3 Å². The SMILES string of the molecule is CC.CC.CCCC(=O)O. The van der Waals surface area contributed by atoms with Gasteiger partial charge in [0.25, 0.3) is 0 Å². The molecule has 0 saturated heterocycles. The van der Waals surface area contributed by atoms with E-state index in [4.69, 9.17) is 5.11 Å². The molecule has 2 nitrogen and oxygen atoms in total. The van der Waals surface area contributed by atoms with Gasteiger partial charge in [-0.1, -0.05) is 34.6 Å². The standard InChI is InChI=1S/C4H8O2.2C2H6/c1-2-3-4(5)6;2*1-2/h2-3H2,1H3,(H,5,6);2*1-2H3. The van der Waals surface area contributed by atoms with E-state index >= 15 is 0 Å². The van der Waals surface area contributed by atoms with Gasteiger partial charge in [0.05, 0.1) is 0 Å². The summed E-state index contributed by atoms with van der Waals surface area (Å²) in [5.74, 6) is -0.711. The highest BCUT2D eigenvalue weighted by atomic mass is 16.4. The van der Waals surface area contributed by atoms with Crippen LogP contribution in [0, 0.1) is 0 Å². The maximum absolute atomic E-state index is 9.60. The van der Waals surface area contributed by atoms with E-state index in [1.54, 1.807) is 0 Å². The number of hydrogen-bond donors (Lipinski definition) is 1. The van der Waals surface area contributed by atoms with Crippen molar-refractivity contribution in [3.8, 4) is 0 Å². The number of rotatable bonds is 2. The van der Waals surface area contributed by atoms with Crippen molar-refractivity contribution in [2.45, 2.75) is 47.5 Å². The van der Waals surface area contributed by atoms with Crippen LogP contribution in [0.2, 0.25) is 0 Å². The van der Waals surface area contributed by atoms with Crippen molar-refractivity contribution < 1.29 is 9.90 Å². The highest BCUT2D eigenvalue weighted by Gasteiger charge is 1.87. The van der Waals surface area contributed by atoms with Crippen LogP contribution in [-0.2, 0) is 4.79 Å². The Kier molecular flexibility index (Phi) is 38.4. The first kappa shape index (κ1) is 16.2. The molecule has 0 aromatic carbocycles. The molecule has 0 spiro atoms. The van der Waals surface area contributed by atoms with E-state index in [9.17, 15) is 4.79 Å². The van der Waals surface area contributed by atoms with Gasteiger partial charge in [0, 0.05) is 6.42 Å². The fraction of sp³-hybridized carbons (Fsp3) is 0.875. The minimum Gasteiger partial charge on any atom is -0.481 e. The molecule has 0 unspecified atom stereocenters. The summed E-state index contributed by atoms with van der Waals surface area (Å²) in [7, 11) is 0. The van der Waals surface area contributed by atoms with Crippen molar-refractivity contribution >= 4 is 5.97 Å². The molecule has 0 aliphatic carbocycles. The molecule has 0 aliphatic heterocycles. The molecule has 0 radical (unpaired) electrons. The third-order valence-electron chi connectivity index (χ3n) is 0.464. The fourth-order valence-electron chi connectivity index (χ4n) is 0.214. The van der Waals surface area contributed by atoms with Gasteiger partial charge in [0.1, 0.15) is 0 Å². The summed E-state index contributed by atoms with van der Waals surface area (Å²) in [6, 6.07) is 0. The van der Waals surface area contributed by atoms with Gasteiger partial charge in [-0.2, -0.15) is 0 Å². The molecule has 0 fully saturated rings. The monoisotopic (exact) mass is 148 g/mol. The number of hydrogen-bond acceptors (Lipinski definition) is 1. The van der Waals surface area contributed by atoms with Crippen LogP contribution in [0.3, 0.4) is 0 Å². The summed E-state index contributed by atoms with van der Waals surface area (Å²) >= 11 is 0. The molecule has 0 aliphatic rings. The second kappa shape index (κ2) is 23.7. The molecule has 0 saturated carbocycles. The van der Waals surface area contributed by atoms with Crippen LogP contribution in [0.1, 0.15) is 47.5 Å². The van der Waals surface area contributed by atoms with Crippen LogP contribution in [0.4, 0.5) is 0 Å².